The summed E-state index contributed by atoms with van der Waals surface area (Å²) in [6.07, 6.45) is 2.93. The predicted octanol–water partition coefficient (Wildman–Crippen LogP) is -2.47. The van der Waals surface area contributed by atoms with Gasteiger partial charge in [-0.25, -0.2) is 13.9 Å². The van der Waals surface area contributed by atoms with Gasteiger partial charge < -0.3 is 9.90 Å². The van der Waals surface area contributed by atoms with Gasteiger partial charge in [0, 0.05) is 6.20 Å². The summed E-state index contributed by atoms with van der Waals surface area (Å²) >= 11 is 1.30. The van der Waals surface area contributed by atoms with Gasteiger partial charge in [-0.2, -0.15) is 5.10 Å². The molecule has 6 nitrogen and oxygen atoms in total. The first-order chi connectivity index (χ1) is 8.66. The molecule has 0 saturated carbocycles. The van der Waals surface area contributed by atoms with Crippen molar-refractivity contribution >= 4 is 23.1 Å². The molecule has 3 rings (SSSR count). The molecule has 0 radical (unpaired) electrons. The Labute approximate surface area is 124 Å². The third kappa shape index (κ3) is 2.28. The average molecular weight is 266 g/mol. The standard InChI is InChI=1S/C11H8N4O2S.Li/c1-6-4-7(9-2-3-13-18-9)14-15-8(11(16)17)5-12-10(6)15;/h2-5H,1H3,(H,16,17);/q;+1/p-1. The first kappa shape index (κ1) is 13.7. The van der Waals surface area contributed by atoms with Crippen LogP contribution in [0.5, 0.6) is 0 Å². The summed E-state index contributed by atoms with van der Waals surface area (Å²) in [6.45, 7) is 1.85. The van der Waals surface area contributed by atoms with Crippen molar-refractivity contribution in [3.8, 4) is 10.6 Å². The number of aromatic nitrogens is 4. The van der Waals surface area contributed by atoms with E-state index >= 15 is 0 Å². The molecule has 0 saturated heterocycles. The van der Waals surface area contributed by atoms with Gasteiger partial charge in [-0.15, -0.1) is 0 Å². The number of carbonyl (C=O) groups excluding carboxylic acids is 1. The molecule has 0 unspecified atom stereocenters. The van der Waals surface area contributed by atoms with Crippen molar-refractivity contribution in [3.05, 3.63) is 35.8 Å². The van der Waals surface area contributed by atoms with Crippen molar-refractivity contribution in [1.82, 2.24) is 19.0 Å². The molecule has 0 aliphatic heterocycles. The number of nitrogens with zero attached hydrogens (tertiary/aromatic N) is 4. The fourth-order valence-electron chi connectivity index (χ4n) is 1.73. The smallest absolute Gasteiger partial charge is 0.543 e. The van der Waals surface area contributed by atoms with Gasteiger partial charge in [-0.3, -0.25) is 0 Å². The van der Waals surface area contributed by atoms with Gasteiger partial charge in [-0.1, -0.05) is 0 Å². The normalized spacial score (nSPS) is 10.4. The minimum atomic E-state index is -1.30. The Morgan fingerprint density at radius 2 is 2.26 bits per heavy atom. The molecule has 0 N–H and O–H groups in total. The van der Waals surface area contributed by atoms with Gasteiger partial charge >= 0.3 is 18.9 Å². The molecule has 0 bridgehead atoms. The van der Waals surface area contributed by atoms with Crippen LogP contribution in [0, 0.1) is 6.92 Å². The zero-order valence-electron chi connectivity index (χ0n) is 10.3. The fourth-order valence-corrected chi connectivity index (χ4v) is 2.28. The van der Waals surface area contributed by atoms with Crippen LogP contribution < -0.4 is 24.0 Å². The van der Waals surface area contributed by atoms with Gasteiger partial charge in [0.25, 0.3) is 0 Å². The molecule has 0 aliphatic rings. The second-order valence-corrected chi connectivity index (χ2v) is 4.59. The number of hydrogen-bond acceptors (Lipinski definition) is 6. The summed E-state index contributed by atoms with van der Waals surface area (Å²) in [5, 5.41) is 15.2. The van der Waals surface area contributed by atoms with E-state index in [0.717, 1.165) is 10.4 Å². The SMILES string of the molecule is Cc1cc(-c2ccns2)nn2c(C(=O)[O-])cnc12.[Li+]. The second-order valence-electron chi connectivity index (χ2n) is 3.76. The minimum Gasteiger partial charge on any atom is -0.543 e. The zero-order chi connectivity index (χ0) is 12.7. The Morgan fingerprint density at radius 1 is 1.47 bits per heavy atom. The molecule has 90 valence electrons. The summed E-state index contributed by atoms with van der Waals surface area (Å²) in [7, 11) is 0. The molecule has 3 heterocycles. The summed E-state index contributed by atoms with van der Waals surface area (Å²) < 4.78 is 5.29. The van der Waals surface area contributed by atoms with Crippen molar-refractivity contribution in [2.75, 3.05) is 0 Å². The van der Waals surface area contributed by atoms with Gasteiger partial charge in [0.1, 0.15) is 11.4 Å². The van der Waals surface area contributed by atoms with Crippen LogP contribution >= 0.6 is 11.5 Å². The Bertz CT molecular complexity index is 739. The van der Waals surface area contributed by atoms with E-state index in [4.69, 9.17) is 0 Å². The summed E-state index contributed by atoms with van der Waals surface area (Å²) in [5.41, 5.74) is 1.98. The topological polar surface area (TPSA) is 83.2 Å². The molecule has 19 heavy (non-hydrogen) atoms. The summed E-state index contributed by atoms with van der Waals surface area (Å²) in [6, 6.07) is 3.68. The summed E-state index contributed by atoms with van der Waals surface area (Å²) in [4.78, 5) is 15.9. The number of imidazole rings is 1. The molecule has 0 spiro atoms. The van der Waals surface area contributed by atoms with Crippen LogP contribution in [0.4, 0.5) is 0 Å². The molecule has 0 atom stereocenters. The maximum absolute atomic E-state index is 11.0. The van der Waals surface area contributed by atoms with E-state index in [1.165, 1.54) is 22.2 Å². The Hall–Kier alpha value is -1.68. The zero-order valence-corrected chi connectivity index (χ0v) is 11.1. The van der Waals surface area contributed by atoms with E-state index < -0.39 is 5.97 Å². The first-order valence-electron chi connectivity index (χ1n) is 5.14. The number of hydrogen-bond donors (Lipinski definition) is 0. The number of carboxylic acids is 1. The van der Waals surface area contributed by atoms with Crippen molar-refractivity contribution in [1.29, 1.82) is 0 Å². The van der Waals surface area contributed by atoms with Crippen LogP contribution in [0.15, 0.2) is 24.5 Å². The van der Waals surface area contributed by atoms with Crippen LogP contribution in [-0.2, 0) is 0 Å². The number of aromatic carboxylic acids is 1. The summed E-state index contributed by atoms with van der Waals surface area (Å²) in [5.74, 6) is -1.30. The minimum absolute atomic E-state index is 0. The van der Waals surface area contributed by atoms with E-state index in [9.17, 15) is 9.90 Å². The Balaban J connectivity index is 0.00000133. The molecule has 3 aromatic rings. The molecule has 0 aromatic carbocycles. The molecule has 0 aliphatic carbocycles. The van der Waals surface area contributed by atoms with E-state index in [1.54, 1.807) is 6.20 Å². The fraction of sp³-hybridized carbons (Fsp3) is 0.0909. The number of fused-ring (bicyclic) bond motifs is 1. The molecule has 0 amide bonds. The molecular formula is C11H7LiN4O2S. The van der Waals surface area contributed by atoms with Crippen molar-refractivity contribution in [2.45, 2.75) is 6.92 Å². The van der Waals surface area contributed by atoms with E-state index in [2.05, 4.69) is 14.5 Å². The molecular weight excluding hydrogens is 259 g/mol. The molecule has 8 heteroatoms. The number of rotatable bonds is 2. The predicted molar refractivity (Wildman–Crippen MR) is 63.2 cm³/mol. The van der Waals surface area contributed by atoms with Crippen LogP contribution in [0.1, 0.15) is 16.1 Å². The Kier molecular flexibility index (Phi) is 3.71. The van der Waals surface area contributed by atoms with Crippen LogP contribution in [0.3, 0.4) is 0 Å². The number of aryl methyl sites for hydroxylation is 1. The van der Waals surface area contributed by atoms with Crippen LogP contribution in [0.2, 0.25) is 0 Å². The Morgan fingerprint density at radius 3 is 2.89 bits per heavy atom. The van der Waals surface area contributed by atoms with Gasteiger partial charge in [0.2, 0.25) is 0 Å². The maximum Gasteiger partial charge on any atom is 1.00 e. The third-order valence-corrected chi connectivity index (χ3v) is 3.32. The largest absolute Gasteiger partial charge is 1.00 e. The quantitative estimate of drug-likeness (QED) is 0.480. The monoisotopic (exact) mass is 266 g/mol. The molecule has 0 fully saturated rings. The van der Waals surface area contributed by atoms with Crippen molar-refractivity contribution < 1.29 is 28.8 Å². The maximum atomic E-state index is 11.0. The van der Waals surface area contributed by atoms with Crippen molar-refractivity contribution in [2.24, 2.45) is 0 Å². The van der Waals surface area contributed by atoms with Gasteiger partial charge in [0.15, 0.2) is 5.65 Å². The third-order valence-electron chi connectivity index (χ3n) is 2.55. The first-order valence-corrected chi connectivity index (χ1v) is 5.92. The number of carboxylic acid groups (broad SMARTS) is 1. The van der Waals surface area contributed by atoms with Crippen LogP contribution in [0.25, 0.3) is 16.2 Å². The average Bonchev–Trinajstić information content (AvgIpc) is 2.97. The van der Waals surface area contributed by atoms with E-state index in [1.807, 2.05) is 19.1 Å². The van der Waals surface area contributed by atoms with Crippen LogP contribution in [-0.4, -0.2) is 24.9 Å². The number of carbonyl (C=O) groups is 1. The van der Waals surface area contributed by atoms with E-state index in [0.29, 0.717) is 11.3 Å². The molecule has 3 aromatic heterocycles. The van der Waals surface area contributed by atoms with Gasteiger partial charge in [0.05, 0.1) is 17.0 Å². The van der Waals surface area contributed by atoms with Gasteiger partial charge in [-0.05, 0) is 36.2 Å². The second kappa shape index (κ2) is 5.13. The van der Waals surface area contributed by atoms with Crippen molar-refractivity contribution in [3.63, 3.8) is 0 Å². The van der Waals surface area contributed by atoms with E-state index in [-0.39, 0.29) is 24.6 Å².